The second-order valence-electron chi connectivity index (χ2n) is 12.8. The Balaban J connectivity index is 1.65. The van der Waals surface area contributed by atoms with Crippen molar-refractivity contribution in [2.24, 2.45) is 22.2 Å². The third-order valence-electron chi connectivity index (χ3n) is 10.5. The quantitative estimate of drug-likeness (QED) is 0.271. The van der Waals surface area contributed by atoms with Gasteiger partial charge in [-0.1, -0.05) is 58.4 Å². The van der Waals surface area contributed by atoms with E-state index in [4.69, 9.17) is 4.74 Å². The lowest BCUT2D eigenvalue weighted by Gasteiger charge is -2.46. The van der Waals surface area contributed by atoms with Gasteiger partial charge in [-0.05, 0) is 69.6 Å². The van der Waals surface area contributed by atoms with Gasteiger partial charge in [0, 0.05) is 17.5 Å². The third-order valence-corrected chi connectivity index (χ3v) is 12.6. The van der Waals surface area contributed by atoms with Crippen molar-refractivity contribution < 1.29 is 17.9 Å². The third kappa shape index (κ3) is 4.77. The molecule has 2 bridgehead atoms. The van der Waals surface area contributed by atoms with Crippen LogP contribution in [0.15, 0.2) is 12.7 Å². The molecular weight excluding hydrogens is 472 g/mol. The van der Waals surface area contributed by atoms with E-state index in [0.717, 1.165) is 64.2 Å². The number of allylic oxidation sites excluding steroid dienone is 1. The first-order chi connectivity index (χ1) is 17.0. The van der Waals surface area contributed by atoms with E-state index in [1.807, 2.05) is 4.31 Å². The summed E-state index contributed by atoms with van der Waals surface area (Å²) in [5.74, 6) is -0.193. The average Bonchev–Trinajstić information content (AvgIpc) is 3.20. The summed E-state index contributed by atoms with van der Waals surface area (Å²) in [4.78, 5) is 13.2. The fraction of sp³-hybridized carbons (Fsp3) is 0.862. The SMILES string of the molecule is C=CC[C@@](C)(C#N)C(=O)O[C@@H]1C[C@H]2CC[C@]1(CS(=O)(=O)N(C1CCCCC1)C1CCCCC1)C2(C)C. The highest BCUT2D eigenvalue weighted by Gasteiger charge is 2.67. The van der Waals surface area contributed by atoms with Crippen LogP contribution in [-0.2, 0) is 19.6 Å². The fourth-order valence-electron chi connectivity index (χ4n) is 8.05. The van der Waals surface area contributed by atoms with Gasteiger partial charge in [-0.15, -0.1) is 6.58 Å². The lowest BCUT2D eigenvalue weighted by molar-refractivity contribution is -0.164. The highest BCUT2D eigenvalue weighted by molar-refractivity contribution is 7.89. The lowest BCUT2D eigenvalue weighted by atomic mass is 9.69. The molecule has 7 heteroatoms. The Hall–Kier alpha value is -1.39. The summed E-state index contributed by atoms with van der Waals surface area (Å²) in [6.45, 7) is 9.63. The van der Waals surface area contributed by atoms with Crippen molar-refractivity contribution in [2.45, 2.75) is 129 Å². The molecule has 4 atom stereocenters. The summed E-state index contributed by atoms with van der Waals surface area (Å²) in [5.41, 5.74) is -2.18. The van der Waals surface area contributed by atoms with E-state index in [0.29, 0.717) is 12.3 Å². The Bertz CT molecular complexity index is 956. The van der Waals surface area contributed by atoms with Crippen LogP contribution in [0.5, 0.6) is 0 Å². The van der Waals surface area contributed by atoms with Crippen LogP contribution in [0.3, 0.4) is 0 Å². The molecule has 202 valence electrons. The van der Waals surface area contributed by atoms with Crippen LogP contribution in [0.2, 0.25) is 0 Å². The van der Waals surface area contributed by atoms with Crippen molar-refractivity contribution in [3.63, 3.8) is 0 Å². The van der Waals surface area contributed by atoms with Crippen LogP contribution < -0.4 is 0 Å². The molecule has 0 aromatic carbocycles. The normalized spacial score (nSPS) is 32.6. The molecule has 4 aliphatic rings. The first kappa shape index (κ1) is 27.6. The second kappa shape index (κ2) is 10.4. The lowest BCUT2D eigenvalue weighted by Crippen LogP contribution is -2.55. The smallest absolute Gasteiger partial charge is 0.326 e. The van der Waals surface area contributed by atoms with Crippen molar-refractivity contribution in [3.05, 3.63) is 12.7 Å². The number of hydrogen-bond donors (Lipinski definition) is 0. The summed E-state index contributed by atoms with van der Waals surface area (Å²) in [7, 11) is -3.58. The van der Waals surface area contributed by atoms with E-state index in [-0.39, 0.29) is 29.7 Å². The predicted octanol–water partition coefficient (Wildman–Crippen LogP) is 6.13. The van der Waals surface area contributed by atoms with Crippen molar-refractivity contribution in [1.82, 2.24) is 4.31 Å². The number of carbonyl (C=O) groups excluding carboxylic acids is 1. The van der Waals surface area contributed by atoms with Crippen molar-refractivity contribution >= 4 is 16.0 Å². The minimum absolute atomic E-state index is 0.0408. The number of carbonyl (C=O) groups is 1. The highest BCUT2D eigenvalue weighted by Crippen LogP contribution is 2.67. The summed E-state index contributed by atoms with van der Waals surface area (Å²) >= 11 is 0. The van der Waals surface area contributed by atoms with E-state index >= 15 is 0 Å². The Labute approximate surface area is 218 Å². The number of esters is 1. The van der Waals surface area contributed by atoms with Gasteiger partial charge in [-0.3, -0.25) is 4.79 Å². The molecule has 0 aliphatic heterocycles. The van der Waals surface area contributed by atoms with Gasteiger partial charge in [0.25, 0.3) is 0 Å². The minimum Gasteiger partial charge on any atom is -0.461 e. The number of nitriles is 1. The zero-order valence-corrected chi connectivity index (χ0v) is 23.5. The topological polar surface area (TPSA) is 87.5 Å². The zero-order valence-electron chi connectivity index (χ0n) is 22.6. The van der Waals surface area contributed by atoms with Crippen LogP contribution in [0.1, 0.15) is 111 Å². The van der Waals surface area contributed by atoms with E-state index in [9.17, 15) is 18.5 Å². The molecular formula is C29H46N2O4S. The molecule has 0 unspecified atom stereocenters. The molecule has 0 aromatic rings. The molecule has 0 saturated heterocycles. The monoisotopic (exact) mass is 518 g/mol. The standard InChI is InChI=1S/C29H46N2O4S/c1-5-17-28(4,20-30)26(32)35-25-19-22-16-18-29(25,27(22,2)3)21-36(33,34)31(23-12-8-6-9-13-23)24-14-10-7-11-15-24/h5,22-25H,1,6-19,21H2,2-4H3/t22-,25-,28+,29-/m1/s1. The van der Waals surface area contributed by atoms with Crippen LogP contribution in [0.25, 0.3) is 0 Å². The molecule has 0 heterocycles. The van der Waals surface area contributed by atoms with Gasteiger partial charge >= 0.3 is 5.97 Å². The van der Waals surface area contributed by atoms with Crippen molar-refractivity contribution in [3.8, 4) is 6.07 Å². The molecule has 0 radical (unpaired) electrons. The van der Waals surface area contributed by atoms with Gasteiger partial charge in [-0.25, -0.2) is 8.42 Å². The predicted molar refractivity (Wildman–Crippen MR) is 141 cm³/mol. The molecule has 36 heavy (non-hydrogen) atoms. The summed E-state index contributed by atoms with van der Waals surface area (Å²) in [6, 6.07) is 2.31. The first-order valence-corrected chi connectivity index (χ1v) is 15.9. The maximum absolute atomic E-state index is 14.5. The van der Waals surface area contributed by atoms with E-state index < -0.39 is 32.9 Å². The fourth-order valence-corrected chi connectivity index (χ4v) is 10.9. The first-order valence-electron chi connectivity index (χ1n) is 14.3. The minimum atomic E-state index is -3.58. The van der Waals surface area contributed by atoms with Gasteiger partial charge in [-0.2, -0.15) is 9.57 Å². The maximum atomic E-state index is 14.5. The Morgan fingerprint density at radius 1 is 1.08 bits per heavy atom. The number of rotatable bonds is 9. The largest absolute Gasteiger partial charge is 0.461 e. The van der Waals surface area contributed by atoms with Gasteiger partial charge in [0.2, 0.25) is 10.0 Å². The van der Waals surface area contributed by atoms with Crippen LogP contribution >= 0.6 is 0 Å². The van der Waals surface area contributed by atoms with Gasteiger partial charge in [0.1, 0.15) is 6.10 Å². The number of fused-ring (bicyclic) bond motifs is 2. The molecule has 4 fully saturated rings. The summed E-state index contributed by atoms with van der Waals surface area (Å²) in [5, 5.41) is 9.71. The highest BCUT2D eigenvalue weighted by atomic mass is 32.2. The molecule has 0 amide bonds. The summed E-state index contributed by atoms with van der Waals surface area (Å²) < 4.78 is 37.0. The molecule has 0 spiro atoms. The Morgan fingerprint density at radius 3 is 2.11 bits per heavy atom. The van der Waals surface area contributed by atoms with Crippen LogP contribution in [0, 0.1) is 33.5 Å². The number of sulfonamides is 1. The van der Waals surface area contributed by atoms with Crippen molar-refractivity contribution in [2.75, 3.05) is 5.75 Å². The average molecular weight is 519 g/mol. The molecule has 0 aromatic heterocycles. The van der Waals surface area contributed by atoms with E-state index in [1.165, 1.54) is 12.8 Å². The number of ether oxygens (including phenoxy) is 1. The summed E-state index contributed by atoms with van der Waals surface area (Å²) in [6.07, 6.45) is 14.3. The Kier molecular flexibility index (Phi) is 7.99. The van der Waals surface area contributed by atoms with Gasteiger partial charge in [0.05, 0.1) is 11.8 Å². The van der Waals surface area contributed by atoms with E-state index in [1.54, 1.807) is 13.0 Å². The van der Waals surface area contributed by atoms with Crippen molar-refractivity contribution in [1.29, 1.82) is 5.26 Å². The number of nitrogens with zero attached hydrogens (tertiary/aromatic N) is 2. The molecule has 4 aliphatic carbocycles. The molecule has 0 N–H and O–H groups in total. The molecule has 4 saturated carbocycles. The number of hydrogen-bond acceptors (Lipinski definition) is 5. The van der Waals surface area contributed by atoms with Gasteiger partial charge < -0.3 is 4.74 Å². The van der Waals surface area contributed by atoms with Crippen LogP contribution in [0.4, 0.5) is 0 Å². The Morgan fingerprint density at radius 2 is 1.64 bits per heavy atom. The zero-order chi connectivity index (χ0) is 26.2. The molecule has 6 nitrogen and oxygen atoms in total. The maximum Gasteiger partial charge on any atom is 0.326 e. The van der Waals surface area contributed by atoms with E-state index in [2.05, 4.69) is 26.5 Å². The second-order valence-corrected chi connectivity index (χ2v) is 14.7. The van der Waals surface area contributed by atoms with Gasteiger partial charge in [0.15, 0.2) is 5.41 Å². The van der Waals surface area contributed by atoms with Crippen LogP contribution in [-0.4, -0.2) is 42.6 Å². The molecule has 4 rings (SSSR count).